The van der Waals surface area contributed by atoms with Crippen molar-refractivity contribution < 1.29 is 4.79 Å². The van der Waals surface area contributed by atoms with Crippen LogP contribution in [0.3, 0.4) is 0 Å². The topological polar surface area (TPSA) is 113 Å². The van der Waals surface area contributed by atoms with E-state index in [1.807, 2.05) is 0 Å². The molecule has 0 amide bonds. The summed E-state index contributed by atoms with van der Waals surface area (Å²) in [5.74, 6) is -0.543. The summed E-state index contributed by atoms with van der Waals surface area (Å²) in [6, 6.07) is 4.42. The minimum atomic E-state index is -0.658. The van der Waals surface area contributed by atoms with E-state index in [2.05, 4.69) is 0 Å². The number of ketones is 1. The van der Waals surface area contributed by atoms with Crippen molar-refractivity contribution in [1.29, 1.82) is 0 Å². The molecule has 0 saturated carbocycles. The zero-order valence-electron chi connectivity index (χ0n) is 11.1. The van der Waals surface area contributed by atoms with Crippen LogP contribution in [-0.2, 0) is 14.1 Å². The van der Waals surface area contributed by atoms with E-state index >= 15 is 0 Å². The molecule has 0 aliphatic heterocycles. The number of rotatable bonds is 2. The Morgan fingerprint density at radius 3 is 2.35 bits per heavy atom. The summed E-state index contributed by atoms with van der Waals surface area (Å²) in [6.45, 7) is 0. The van der Waals surface area contributed by atoms with Gasteiger partial charge in [-0.3, -0.25) is 14.2 Å². The predicted octanol–water partition coefficient (Wildman–Crippen LogP) is -0.521. The highest BCUT2D eigenvalue weighted by atomic mass is 16.2. The van der Waals surface area contributed by atoms with Crippen LogP contribution >= 0.6 is 0 Å². The molecule has 0 aliphatic rings. The Bertz CT molecular complexity index is 817. The van der Waals surface area contributed by atoms with Gasteiger partial charge in [-0.1, -0.05) is 0 Å². The van der Waals surface area contributed by atoms with Gasteiger partial charge in [0.1, 0.15) is 5.56 Å². The van der Waals surface area contributed by atoms with E-state index in [-0.39, 0.29) is 16.8 Å². The van der Waals surface area contributed by atoms with E-state index in [9.17, 15) is 14.4 Å². The van der Waals surface area contributed by atoms with Crippen molar-refractivity contribution in [3.63, 3.8) is 0 Å². The van der Waals surface area contributed by atoms with Crippen LogP contribution in [0.1, 0.15) is 15.9 Å². The van der Waals surface area contributed by atoms with E-state index in [0.29, 0.717) is 5.69 Å². The van der Waals surface area contributed by atoms with Gasteiger partial charge in [-0.05, 0) is 18.2 Å². The molecule has 4 N–H and O–H groups in total. The van der Waals surface area contributed by atoms with E-state index in [1.54, 1.807) is 0 Å². The lowest BCUT2D eigenvalue weighted by Crippen LogP contribution is -2.39. The maximum absolute atomic E-state index is 12.4. The number of nitrogen functional groups attached to an aromatic ring is 2. The molecule has 20 heavy (non-hydrogen) atoms. The van der Waals surface area contributed by atoms with Gasteiger partial charge in [-0.25, -0.2) is 4.79 Å². The fraction of sp³-hybridized carbons (Fsp3) is 0.154. The predicted molar refractivity (Wildman–Crippen MR) is 75.6 cm³/mol. The lowest BCUT2D eigenvalue weighted by molar-refractivity contribution is 0.103. The number of aromatic nitrogens is 2. The SMILES string of the molecule is Cn1cc(C(=O)c2ccc(N)cc2N)c(=O)n(C)c1=O. The van der Waals surface area contributed by atoms with Crippen LogP contribution in [-0.4, -0.2) is 14.9 Å². The van der Waals surface area contributed by atoms with Crippen molar-refractivity contribution in [2.75, 3.05) is 11.5 Å². The van der Waals surface area contributed by atoms with Crippen LogP contribution in [0.15, 0.2) is 34.0 Å². The van der Waals surface area contributed by atoms with Gasteiger partial charge in [0.05, 0.1) is 0 Å². The average Bonchev–Trinajstić information content (AvgIpc) is 2.40. The lowest BCUT2D eigenvalue weighted by Gasteiger charge is -2.08. The number of carbonyl (C=O) groups excluding carboxylic acids is 1. The molecule has 0 atom stereocenters. The minimum Gasteiger partial charge on any atom is -0.399 e. The number of anilines is 2. The number of nitrogens with zero attached hydrogens (tertiary/aromatic N) is 2. The smallest absolute Gasteiger partial charge is 0.330 e. The Hall–Kier alpha value is -2.83. The van der Waals surface area contributed by atoms with Crippen molar-refractivity contribution in [2.45, 2.75) is 0 Å². The van der Waals surface area contributed by atoms with Gasteiger partial charge in [0, 0.05) is 37.2 Å². The highest BCUT2D eigenvalue weighted by Gasteiger charge is 2.18. The highest BCUT2D eigenvalue weighted by Crippen LogP contribution is 2.18. The first-order chi connectivity index (χ1) is 9.32. The molecule has 0 saturated heterocycles. The van der Waals surface area contributed by atoms with E-state index < -0.39 is 17.0 Å². The van der Waals surface area contributed by atoms with Crippen LogP contribution in [0.4, 0.5) is 11.4 Å². The molecular formula is C13H14N4O3. The number of hydrogen-bond acceptors (Lipinski definition) is 5. The second-order valence-electron chi connectivity index (χ2n) is 4.48. The molecule has 7 heteroatoms. The molecule has 0 unspecified atom stereocenters. The Kier molecular flexibility index (Phi) is 3.19. The zero-order chi connectivity index (χ0) is 15.0. The normalized spacial score (nSPS) is 10.5. The molecule has 1 aromatic carbocycles. The van der Waals surface area contributed by atoms with E-state index in [0.717, 1.165) is 4.57 Å². The molecule has 104 valence electrons. The van der Waals surface area contributed by atoms with Crippen molar-refractivity contribution in [3.05, 3.63) is 56.4 Å². The maximum atomic E-state index is 12.4. The number of nitrogens with two attached hydrogens (primary N) is 2. The standard InChI is InChI=1S/C13H14N4O3/c1-16-6-9(12(19)17(2)13(16)20)11(18)8-4-3-7(14)5-10(8)15/h3-6H,14-15H2,1-2H3. The molecule has 2 rings (SSSR count). The Morgan fingerprint density at radius 2 is 1.75 bits per heavy atom. The number of carbonyl (C=O) groups is 1. The van der Waals surface area contributed by atoms with Gasteiger partial charge >= 0.3 is 5.69 Å². The summed E-state index contributed by atoms with van der Waals surface area (Å²) in [5, 5.41) is 0. The van der Waals surface area contributed by atoms with Crippen molar-refractivity contribution in [2.24, 2.45) is 14.1 Å². The van der Waals surface area contributed by atoms with Crippen LogP contribution in [0.5, 0.6) is 0 Å². The van der Waals surface area contributed by atoms with Gasteiger partial charge in [0.25, 0.3) is 5.56 Å². The van der Waals surface area contributed by atoms with Gasteiger partial charge < -0.3 is 16.0 Å². The molecule has 0 fully saturated rings. The summed E-state index contributed by atoms with van der Waals surface area (Å²) in [4.78, 5) is 35.9. The third kappa shape index (κ3) is 2.09. The monoisotopic (exact) mass is 274 g/mol. The zero-order valence-corrected chi connectivity index (χ0v) is 11.1. The first-order valence-corrected chi connectivity index (χ1v) is 5.79. The first kappa shape index (κ1) is 13.6. The minimum absolute atomic E-state index is 0.119. The second-order valence-corrected chi connectivity index (χ2v) is 4.48. The molecule has 0 bridgehead atoms. The molecule has 7 nitrogen and oxygen atoms in total. The lowest BCUT2D eigenvalue weighted by atomic mass is 10.0. The molecule has 1 heterocycles. The molecule has 1 aromatic heterocycles. The fourth-order valence-corrected chi connectivity index (χ4v) is 1.90. The van der Waals surface area contributed by atoms with Gasteiger partial charge in [-0.2, -0.15) is 0 Å². The van der Waals surface area contributed by atoms with Gasteiger partial charge in [-0.15, -0.1) is 0 Å². The summed E-state index contributed by atoms with van der Waals surface area (Å²) in [6.07, 6.45) is 1.21. The molecular weight excluding hydrogens is 260 g/mol. The molecule has 0 spiro atoms. The van der Waals surface area contributed by atoms with Gasteiger partial charge in [0.15, 0.2) is 0 Å². The summed E-state index contributed by atoms with van der Waals surface area (Å²) < 4.78 is 2.04. The first-order valence-electron chi connectivity index (χ1n) is 5.79. The third-order valence-electron chi connectivity index (χ3n) is 3.01. The Morgan fingerprint density at radius 1 is 1.10 bits per heavy atom. The second kappa shape index (κ2) is 4.69. The third-order valence-corrected chi connectivity index (χ3v) is 3.01. The Balaban J connectivity index is 2.66. The number of aryl methyl sites for hydroxylation is 1. The fourth-order valence-electron chi connectivity index (χ4n) is 1.90. The number of hydrogen-bond donors (Lipinski definition) is 2. The van der Waals surface area contributed by atoms with Crippen LogP contribution in [0, 0.1) is 0 Å². The summed E-state index contributed by atoms with van der Waals surface area (Å²) in [7, 11) is 2.78. The van der Waals surface area contributed by atoms with Crippen LogP contribution < -0.4 is 22.7 Å². The summed E-state index contributed by atoms with van der Waals surface area (Å²) in [5.41, 5.74) is 10.8. The molecule has 0 aliphatic carbocycles. The Labute approximate surface area is 114 Å². The highest BCUT2D eigenvalue weighted by molar-refractivity contribution is 6.12. The van der Waals surface area contributed by atoms with Crippen molar-refractivity contribution >= 4 is 17.2 Å². The quantitative estimate of drug-likeness (QED) is 0.565. The van der Waals surface area contributed by atoms with Crippen molar-refractivity contribution in [1.82, 2.24) is 9.13 Å². The van der Waals surface area contributed by atoms with E-state index in [1.165, 1.54) is 43.1 Å². The molecule has 2 aromatic rings. The van der Waals surface area contributed by atoms with E-state index in [4.69, 9.17) is 11.5 Å². The van der Waals surface area contributed by atoms with Crippen LogP contribution in [0.25, 0.3) is 0 Å². The van der Waals surface area contributed by atoms with Crippen LogP contribution in [0.2, 0.25) is 0 Å². The van der Waals surface area contributed by atoms with Crippen molar-refractivity contribution in [3.8, 4) is 0 Å². The maximum Gasteiger partial charge on any atom is 0.330 e. The number of benzene rings is 1. The molecule has 0 radical (unpaired) electrons. The van der Waals surface area contributed by atoms with Gasteiger partial charge in [0.2, 0.25) is 5.78 Å². The largest absolute Gasteiger partial charge is 0.399 e. The average molecular weight is 274 g/mol. The summed E-state index contributed by atoms with van der Waals surface area (Å²) >= 11 is 0.